The lowest BCUT2D eigenvalue weighted by Crippen LogP contribution is -2.08. The van der Waals surface area contributed by atoms with Crippen molar-refractivity contribution in [2.45, 2.75) is 19.8 Å². The fraction of sp³-hybridized carbons (Fsp3) is 0.0882. The summed E-state index contributed by atoms with van der Waals surface area (Å²) in [6.07, 6.45) is 8.52. The van der Waals surface area contributed by atoms with Crippen molar-refractivity contribution in [3.8, 4) is 17.3 Å². The molecule has 0 amide bonds. The topological polar surface area (TPSA) is 56.7 Å². The monoisotopic (exact) mass is 504 g/mol. The molecule has 0 bridgehead atoms. The summed E-state index contributed by atoms with van der Waals surface area (Å²) in [6.45, 7) is 2.09. The van der Waals surface area contributed by atoms with E-state index < -0.39 is 0 Å². The van der Waals surface area contributed by atoms with Crippen molar-refractivity contribution in [3.05, 3.63) is 115 Å². The van der Waals surface area contributed by atoms with Crippen LogP contribution in [0.15, 0.2) is 108 Å². The van der Waals surface area contributed by atoms with Gasteiger partial charge in [0.1, 0.15) is 11.2 Å². The predicted octanol–water partition coefficient (Wildman–Crippen LogP) is 8.58. The van der Waals surface area contributed by atoms with Crippen LogP contribution >= 0.6 is 0 Å². The molecule has 0 unspecified atom stereocenters. The Morgan fingerprint density at radius 1 is 0.667 bits per heavy atom. The fourth-order valence-corrected chi connectivity index (χ4v) is 5.65. The van der Waals surface area contributed by atoms with Crippen molar-refractivity contribution >= 4 is 49.3 Å². The minimum Gasteiger partial charge on any atom is -0.456 e. The molecule has 1 aliphatic carbocycles. The molecule has 5 heteroatoms. The molecular formula is C34H24N4O. The molecule has 8 rings (SSSR count). The average Bonchev–Trinajstić information content (AvgIpc) is 3.50. The summed E-state index contributed by atoms with van der Waals surface area (Å²) < 4.78 is 8.50. The van der Waals surface area contributed by atoms with E-state index in [0.717, 1.165) is 67.7 Å². The minimum atomic E-state index is 0.594. The van der Waals surface area contributed by atoms with Gasteiger partial charge in [-0.15, -0.1) is 0 Å². The van der Waals surface area contributed by atoms with Crippen molar-refractivity contribution in [1.29, 1.82) is 0 Å². The van der Waals surface area contributed by atoms with Crippen molar-refractivity contribution < 1.29 is 4.42 Å². The van der Waals surface area contributed by atoms with E-state index in [1.165, 1.54) is 5.56 Å². The quantitative estimate of drug-likeness (QED) is 0.242. The van der Waals surface area contributed by atoms with Gasteiger partial charge < -0.3 is 4.42 Å². The van der Waals surface area contributed by atoms with Gasteiger partial charge in [0, 0.05) is 38.7 Å². The Morgan fingerprint density at radius 2 is 1.49 bits per heavy atom. The van der Waals surface area contributed by atoms with E-state index in [9.17, 15) is 0 Å². The van der Waals surface area contributed by atoms with Gasteiger partial charge in [-0.1, -0.05) is 78.9 Å². The number of hydrogen-bond donors (Lipinski definition) is 0. The Bertz CT molecular complexity index is 2130. The number of furan rings is 1. The Balaban J connectivity index is 1.46. The highest BCUT2D eigenvalue weighted by atomic mass is 16.3. The van der Waals surface area contributed by atoms with Crippen molar-refractivity contribution in [2.24, 2.45) is 0 Å². The lowest BCUT2D eigenvalue weighted by atomic mass is 10.1. The molecule has 0 N–H and O–H groups in total. The maximum absolute atomic E-state index is 6.36. The van der Waals surface area contributed by atoms with Gasteiger partial charge in [-0.25, -0.2) is 4.98 Å². The van der Waals surface area contributed by atoms with E-state index in [1.807, 2.05) is 30.3 Å². The van der Waals surface area contributed by atoms with Crippen LogP contribution in [0.3, 0.4) is 0 Å². The number of hydrogen-bond acceptors (Lipinski definition) is 4. The third-order valence-electron chi connectivity index (χ3n) is 7.53. The number of aromatic nitrogens is 4. The molecule has 39 heavy (non-hydrogen) atoms. The fourth-order valence-electron chi connectivity index (χ4n) is 5.65. The maximum atomic E-state index is 6.36. The second-order valence-electron chi connectivity index (χ2n) is 10.1. The molecule has 7 aromatic rings. The molecule has 0 aliphatic heterocycles. The molecule has 0 radical (unpaired) electrons. The lowest BCUT2D eigenvalue weighted by molar-refractivity contribution is 0.669. The van der Waals surface area contributed by atoms with Crippen LogP contribution < -0.4 is 0 Å². The molecule has 186 valence electrons. The van der Waals surface area contributed by atoms with Crippen LogP contribution in [-0.4, -0.2) is 19.5 Å². The summed E-state index contributed by atoms with van der Waals surface area (Å²) in [5.74, 6) is 1.93. The first-order valence-electron chi connectivity index (χ1n) is 13.3. The first-order valence-corrected chi connectivity index (χ1v) is 13.3. The number of fused-ring (bicyclic) bond motifs is 6. The van der Waals surface area contributed by atoms with Crippen LogP contribution in [0.5, 0.6) is 0 Å². The van der Waals surface area contributed by atoms with E-state index in [4.69, 9.17) is 19.4 Å². The second kappa shape index (κ2) is 8.50. The van der Waals surface area contributed by atoms with Gasteiger partial charge >= 0.3 is 0 Å². The largest absolute Gasteiger partial charge is 0.456 e. The normalized spacial score (nSPS) is 13.6. The zero-order valence-corrected chi connectivity index (χ0v) is 21.4. The van der Waals surface area contributed by atoms with Crippen molar-refractivity contribution in [2.75, 3.05) is 0 Å². The number of para-hydroxylation sites is 1. The number of benzene rings is 4. The zero-order valence-electron chi connectivity index (χ0n) is 21.4. The molecular weight excluding hydrogens is 480 g/mol. The summed E-state index contributed by atoms with van der Waals surface area (Å²) >= 11 is 0. The Kier molecular flexibility index (Phi) is 4.79. The summed E-state index contributed by atoms with van der Waals surface area (Å²) in [7, 11) is 0. The SMILES string of the molecule is Cc1ccc2c(c1)oc1cc3c(cc12)c1ccccc1n3-c1nc(C2=CCCC=C2)nc(-c2ccccc2)n1. The van der Waals surface area contributed by atoms with Gasteiger partial charge in [0.25, 0.3) is 0 Å². The van der Waals surface area contributed by atoms with E-state index in [1.54, 1.807) is 0 Å². The molecule has 3 heterocycles. The minimum absolute atomic E-state index is 0.594. The molecule has 0 spiro atoms. The van der Waals surface area contributed by atoms with Crippen LogP contribution in [0.25, 0.3) is 66.7 Å². The van der Waals surface area contributed by atoms with Crippen LogP contribution in [0.4, 0.5) is 0 Å². The second-order valence-corrected chi connectivity index (χ2v) is 10.1. The number of allylic oxidation sites excluding steroid dienone is 4. The summed E-state index contributed by atoms with van der Waals surface area (Å²) in [5.41, 5.74) is 6.96. The number of nitrogens with zero attached hydrogens (tertiary/aromatic N) is 4. The van der Waals surface area contributed by atoms with Gasteiger partial charge in [-0.05, 0) is 43.5 Å². The number of aryl methyl sites for hydroxylation is 1. The van der Waals surface area contributed by atoms with Crippen LogP contribution in [0, 0.1) is 6.92 Å². The first kappa shape index (κ1) is 22.0. The average molecular weight is 505 g/mol. The standard InChI is InChI=1S/C34H24N4O/c1-21-16-17-25-27-19-26-24-14-8-9-15-28(24)38(29(26)20-31(27)39-30(25)18-21)34-36-32(22-10-4-2-5-11-22)35-33(37-34)23-12-6-3-7-13-23/h2,4-6,8-20H,3,7H2,1H3. The van der Waals surface area contributed by atoms with Crippen LogP contribution in [-0.2, 0) is 0 Å². The van der Waals surface area contributed by atoms with Crippen LogP contribution in [0.1, 0.15) is 24.2 Å². The highest BCUT2D eigenvalue weighted by molar-refractivity contribution is 6.17. The predicted molar refractivity (Wildman–Crippen MR) is 158 cm³/mol. The Hall–Kier alpha value is -5.03. The third-order valence-corrected chi connectivity index (χ3v) is 7.53. The molecule has 0 saturated carbocycles. The Morgan fingerprint density at radius 3 is 2.36 bits per heavy atom. The Labute approximate surface area is 224 Å². The molecule has 4 aromatic carbocycles. The molecule has 0 fully saturated rings. The molecule has 3 aromatic heterocycles. The maximum Gasteiger partial charge on any atom is 0.238 e. The first-order chi connectivity index (χ1) is 19.2. The van der Waals surface area contributed by atoms with Crippen molar-refractivity contribution in [3.63, 3.8) is 0 Å². The summed E-state index contributed by atoms with van der Waals surface area (Å²) in [4.78, 5) is 15.0. The third kappa shape index (κ3) is 3.51. The van der Waals surface area contributed by atoms with E-state index in [2.05, 4.69) is 84.3 Å². The summed E-state index contributed by atoms with van der Waals surface area (Å²) in [6, 6.07) is 29.3. The lowest BCUT2D eigenvalue weighted by Gasteiger charge is -2.12. The summed E-state index contributed by atoms with van der Waals surface area (Å²) in [5, 5.41) is 4.52. The molecule has 1 aliphatic rings. The van der Waals surface area contributed by atoms with Gasteiger partial charge in [0.15, 0.2) is 11.6 Å². The molecule has 5 nitrogen and oxygen atoms in total. The smallest absolute Gasteiger partial charge is 0.238 e. The van der Waals surface area contributed by atoms with Gasteiger partial charge in [0.2, 0.25) is 5.95 Å². The molecule has 0 saturated heterocycles. The van der Waals surface area contributed by atoms with Gasteiger partial charge in [-0.2, -0.15) is 9.97 Å². The van der Waals surface area contributed by atoms with Crippen molar-refractivity contribution in [1.82, 2.24) is 19.5 Å². The zero-order chi connectivity index (χ0) is 25.9. The highest BCUT2D eigenvalue weighted by Crippen LogP contribution is 2.38. The highest BCUT2D eigenvalue weighted by Gasteiger charge is 2.20. The number of rotatable bonds is 3. The molecule has 0 atom stereocenters. The van der Waals surface area contributed by atoms with E-state index in [0.29, 0.717) is 17.6 Å². The van der Waals surface area contributed by atoms with E-state index >= 15 is 0 Å². The van der Waals surface area contributed by atoms with E-state index in [-0.39, 0.29) is 0 Å². The van der Waals surface area contributed by atoms with Gasteiger partial charge in [0.05, 0.1) is 11.0 Å². The van der Waals surface area contributed by atoms with Gasteiger partial charge in [-0.3, -0.25) is 4.57 Å². The van der Waals surface area contributed by atoms with Crippen LogP contribution in [0.2, 0.25) is 0 Å².